The Labute approximate surface area is 117 Å². The molecule has 0 spiro atoms. The maximum atomic E-state index is 6.56. The minimum absolute atomic E-state index is 0.0584. The van der Waals surface area contributed by atoms with Crippen LogP contribution in [0.1, 0.15) is 64.7 Å². The molecule has 0 aromatic rings. The molecule has 0 heterocycles. The Morgan fingerprint density at radius 2 is 1.94 bits per heavy atom. The molecule has 0 saturated heterocycles. The highest BCUT2D eigenvalue weighted by Crippen LogP contribution is 2.49. The van der Waals surface area contributed by atoms with Crippen molar-refractivity contribution in [2.75, 3.05) is 6.61 Å². The summed E-state index contributed by atoms with van der Waals surface area (Å²) in [4.78, 5) is 0. The second-order valence-electron chi connectivity index (χ2n) is 7.30. The van der Waals surface area contributed by atoms with Crippen molar-refractivity contribution < 1.29 is 4.74 Å². The van der Waals surface area contributed by atoms with Crippen molar-refractivity contribution in [2.45, 2.75) is 70.3 Å². The van der Waals surface area contributed by atoms with Crippen LogP contribution in [-0.2, 0) is 4.74 Å². The zero-order chi connectivity index (χ0) is 12.6. The van der Waals surface area contributed by atoms with E-state index in [2.05, 4.69) is 6.92 Å². The van der Waals surface area contributed by atoms with Gasteiger partial charge in [-0.3, -0.25) is 0 Å². The van der Waals surface area contributed by atoms with E-state index in [1.807, 2.05) is 0 Å². The van der Waals surface area contributed by atoms with Crippen LogP contribution >= 0.6 is 11.6 Å². The smallest absolute Gasteiger partial charge is 0.136 e. The van der Waals surface area contributed by atoms with Crippen molar-refractivity contribution in [1.82, 2.24) is 0 Å². The fraction of sp³-hybridized carbons (Fsp3) is 1.00. The average Bonchev–Trinajstić information content (AvgIpc) is 2.99. The highest BCUT2D eigenvalue weighted by Gasteiger charge is 2.41. The molecule has 0 aliphatic heterocycles. The molecule has 104 valence electrons. The van der Waals surface area contributed by atoms with Gasteiger partial charge in [0.05, 0.1) is 6.61 Å². The Kier molecular flexibility index (Phi) is 3.92. The summed E-state index contributed by atoms with van der Waals surface area (Å²) in [5.41, 5.74) is 0.175. The molecule has 3 aliphatic carbocycles. The van der Waals surface area contributed by atoms with Gasteiger partial charge in [-0.05, 0) is 49.9 Å². The summed E-state index contributed by atoms with van der Waals surface area (Å²) in [6.45, 7) is 3.25. The zero-order valence-corrected chi connectivity index (χ0v) is 12.4. The highest BCUT2D eigenvalue weighted by molar-refractivity contribution is 6.20. The normalized spacial score (nSPS) is 40.0. The lowest BCUT2D eigenvalue weighted by molar-refractivity contribution is -0.0216. The second-order valence-corrected chi connectivity index (χ2v) is 7.70. The fourth-order valence-corrected chi connectivity index (χ4v) is 4.87. The number of hydrogen-bond donors (Lipinski definition) is 0. The molecule has 18 heavy (non-hydrogen) atoms. The van der Waals surface area contributed by atoms with Crippen LogP contribution in [0.5, 0.6) is 0 Å². The van der Waals surface area contributed by atoms with Gasteiger partial charge in [-0.25, -0.2) is 0 Å². The van der Waals surface area contributed by atoms with Crippen LogP contribution in [0.2, 0.25) is 0 Å². The van der Waals surface area contributed by atoms with Crippen LogP contribution in [0.25, 0.3) is 0 Å². The van der Waals surface area contributed by atoms with Crippen LogP contribution in [0, 0.1) is 23.2 Å². The molecule has 4 atom stereocenters. The molecule has 3 saturated carbocycles. The molecule has 0 aromatic heterocycles. The summed E-state index contributed by atoms with van der Waals surface area (Å²) < 4.78 is 6.09. The monoisotopic (exact) mass is 270 g/mol. The van der Waals surface area contributed by atoms with E-state index < -0.39 is 0 Å². The minimum atomic E-state index is -0.0584. The van der Waals surface area contributed by atoms with Crippen molar-refractivity contribution in [1.29, 1.82) is 0 Å². The summed E-state index contributed by atoms with van der Waals surface area (Å²) in [5.74, 6) is 2.79. The van der Waals surface area contributed by atoms with Gasteiger partial charge in [0.1, 0.15) is 5.56 Å². The van der Waals surface area contributed by atoms with Crippen LogP contribution in [-0.4, -0.2) is 12.2 Å². The molecule has 3 rings (SSSR count). The minimum Gasteiger partial charge on any atom is -0.362 e. The Bertz CT molecular complexity index is 285. The second kappa shape index (κ2) is 5.32. The molecule has 0 radical (unpaired) electrons. The van der Waals surface area contributed by atoms with Gasteiger partial charge < -0.3 is 4.74 Å². The first-order valence-electron chi connectivity index (χ1n) is 7.93. The van der Waals surface area contributed by atoms with Gasteiger partial charge >= 0.3 is 0 Å². The summed E-state index contributed by atoms with van der Waals surface area (Å²) in [6.07, 6.45) is 12.3. The van der Waals surface area contributed by atoms with Gasteiger partial charge in [0, 0.05) is 5.41 Å². The molecular formula is C16H27ClO. The number of alkyl halides is 1. The molecule has 0 aromatic carbocycles. The number of ether oxygens (including phenoxy) is 1. The molecule has 2 heteroatoms. The summed E-state index contributed by atoms with van der Waals surface area (Å²) in [6, 6.07) is 0. The third kappa shape index (κ3) is 2.58. The van der Waals surface area contributed by atoms with Gasteiger partial charge in [-0.2, -0.15) is 0 Å². The fourth-order valence-electron chi connectivity index (χ4n) is 4.58. The summed E-state index contributed by atoms with van der Waals surface area (Å²) in [5, 5.41) is 0. The van der Waals surface area contributed by atoms with Gasteiger partial charge in [0.25, 0.3) is 0 Å². The average molecular weight is 271 g/mol. The van der Waals surface area contributed by atoms with Crippen LogP contribution in [0.15, 0.2) is 0 Å². The third-order valence-corrected chi connectivity index (χ3v) is 6.54. The van der Waals surface area contributed by atoms with Crippen molar-refractivity contribution in [3.8, 4) is 0 Å². The maximum Gasteiger partial charge on any atom is 0.136 e. The number of rotatable bonds is 4. The van der Waals surface area contributed by atoms with E-state index in [1.54, 1.807) is 0 Å². The first-order valence-corrected chi connectivity index (χ1v) is 8.37. The molecule has 0 N–H and O–H groups in total. The van der Waals surface area contributed by atoms with E-state index in [9.17, 15) is 0 Å². The van der Waals surface area contributed by atoms with Gasteiger partial charge in [-0.1, -0.05) is 44.2 Å². The molecular weight excluding hydrogens is 244 g/mol. The predicted molar refractivity (Wildman–Crippen MR) is 75.7 cm³/mol. The largest absolute Gasteiger partial charge is 0.362 e. The Balaban J connectivity index is 1.47. The van der Waals surface area contributed by atoms with Gasteiger partial charge in [-0.15, -0.1) is 0 Å². The third-order valence-electron chi connectivity index (χ3n) is 5.88. The van der Waals surface area contributed by atoms with E-state index >= 15 is 0 Å². The summed E-state index contributed by atoms with van der Waals surface area (Å²) >= 11 is 6.56. The van der Waals surface area contributed by atoms with Crippen molar-refractivity contribution in [3.63, 3.8) is 0 Å². The SMILES string of the molecule is CC1(C(Cl)OCC2CC3CCC2C3)CCCCC1. The Morgan fingerprint density at radius 1 is 1.17 bits per heavy atom. The van der Waals surface area contributed by atoms with E-state index in [1.165, 1.54) is 57.8 Å². The van der Waals surface area contributed by atoms with Crippen LogP contribution in [0.4, 0.5) is 0 Å². The molecule has 0 amide bonds. The molecule has 3 aliphatic rings. The van der Waals surface area contributed by atoms with Crippen molar-refractivity contribution in [3.05, 3.63) is 0 Å². The topological polar surface area (TPSA) is 9.23 Å². The molecule has 4 unspecified atom stereocenters. The van der Waals surface area contributed by atoms with Crippen LogP contribution in [0.3, 0.4) is 0 Å². The van der Waals surface area contributed by atoms with Crippen molar-refractivity contribution >= 4 is 11.6 Å². The maximum absolute atomic E-state index is 6.56. The lowest BCUT2D eigenvalue weighted by Crippen LogP contribution is -2.34. The van der Waals surface area contributed by atoms with E-state index in [0.29, 0.717) is 0 Å². The highest BCUT2D eigenvalue weighted by atomic mass is 35.5. The Morgan fingerprint density at radius 3 is 2.56 bits per heavy atom. The summed E-state index contributed by atoms with van der Waals surface area (Å²) in [7, 11) is 0. The van der Waals surface area contributed by atoms with Gasteiger partial charge in [0.15, 0.2) is 0 Å². The first kappa shape index (κ1) is 13.2. The van der Waals surface area contributed by atoms with E-state index in [0.717, 1.165) is 24.4 Å². The lowest BCUT2D eigenvalue weighted by atomic mass is 9.76. The number of hydrogen-bond acceptors (Lipinski definition) is 1. The van der Waals surface area contributed by atoms with Gasteiger partial charge in [0.2, 0.25) is 0 Å². The van der Waals surface area contributed by atoms with E-state index in [4.69, 9.17) is 16.3 Å². The van der Waals surface area contributed by atoms with Crippen LogP contribution < -0.4 is 0 Å². The Hall–Kier alpha value is 0.250. The number of halogens is 1. The molecule has 1 nitrogen and oxygen atoms in total. The lowest BCUT2D eigenvalue weighted by Gasteiger charge is -2.38. The number of fused-ring (bicyclic) bond motifs is 2. The predicted octanol–water partition coefficient (Wildman–Crippen LogP) is 4.97. The van der Waals surface area contributed by atoms with Crippen molar-refractivity contribution in [2.24, 2.45) is 23.2 Å². The zero-order valence-electron chi connectivity index (χ0n) is 11.7. The first-order chi connectivity index (χ1) is 8.67. The van der Waals surface area contributed by atoms with E-state index in [-0.39, 0.29) is 11.0 Å². The quantitative estimate of drug-likeness (QED) is 0.655. The molecule has 3 fully saturated rings. The molecule has 2 bridgehead atoms. The standard InChI is InChI=1S/C16H27ClO/c1-16(7-3-2-4-8-16)15(17)18-11-14-10-12-5-6-13(14)9-12/h12-15H,2-11H2,1H3.